The van der Waals surface area contributed by atoms with Gasteiger partial charge in [0.25, 0.3) is 0 Å². The highest BCUT2D eigenvalue weighted by atomic mass is 32.2. The summed E-state index contributed by atoms with van der Waals surface area (Å²) in [4.78, 5) is 19.6. The van der Waals surface area contributed by atoms with Crippen LogP contribution in [0, 0.1) is 0 Å². The van der Waals surface area contributed by atoms with Gasteiger partial charge in [-0.3, -0.25) is 4.79 Å². The molecule has 1 amide bonds. The number of nitrogens with one attached hydrogen (secondary N) is 1. The Labute approximate surface area is 150 Å². The SMILES string of the molecule is CCN(CC)C(=O)C1Sc2ccccc2-c2[nH]c3ccc(O)cc3c21. The van der Waals surface area contributed by atoms with Gasteiger partial charge in [-0.25, -0.2) is 0 Å². The van der Waals surface area contributed by atoms with Gasteiger partial charge < -0.3 is 15.0 Å². The molecule has 0 saturated heterocycles. The molecule has 0 spiro atoms. The molecule has 2 N–H and O–H groups in total. The molecule has 1 aromatic heterocycles. The fraction of sp³-hybridized carbons (Fsp3) is 0.250. The Morgan fingerprint density at radius 3 is 2.72 bits per heavy atom. The van der Waals surface area contributed by atoms with Gasteiger partial charge in [0.1, 0.15) is 11.0 Å². The van der Waals surface area contributed by atoms with Crippen molar-refractivity contribution >= 4 is 28.6 Å². The third-order valence-corrected chi connectivity index (χ3v) is 6.07. The molecule has 4 nitrogen and oxygen atoms in total. The lowest BCUT2D eigenvalue weighted by molar-refractivity contribution is -0.130. The molecule has 0 bridgehead atoms. The number of benzene rings is 2. The summed E-state index contributed by atoms with van der Waals surface area (Å²) < 4.78 is 0. The molecule has 0 aliphatic carbocycles. The number of nitrogens with zero attached hydrogens (tertiary/aromatic N) is 1. The van der Waals surface area contributed by atoms with E-state index in [0.717, 1.165) is 32.6 Å². The average Bonchev–Trinajstić information content (AvgIpc) is 3.01. The lowest BCUT2D eigenvalue weighted by Crippen LogP contribution is -2.34. The molecule has 0 fully saturated rings. The standard InChI is InChI=1S/C20H20N2O2S/c1-3-22(4-2)20(24)19-17-14-11-12(23)9-10-15(14)21-18(17)13-7-5-6-8-16(13)25-19/h5-11,19,21,23H,3-4H2,1-2H3. The van der Waals surface area contributed by atoms with Crippen molar-refractivity contribution in [2.75, 3.05) is 13.1 Å². The molecule has 5 heteroatoms. The Bertz CT molecular complexity index is 959. The maximum atomic E-state index is 13.2. The average molecular weight is 352 g/mol. The van der Waals surface area contributed by atoms with Crippen LogP contribution in [0.4, 0.5) is 0 Å². The number of carbonyl (C=O) groups excluding carboxylic acids is 1. The van der Waals surface area contributed by atoms with E-state index in [1.165, 1.54) is 0 Å². The Morgan fingerprint density at radius 1 is 1.20 bits per heavy atom. The van der Waals surface area contributed by atoms with Crippen LogP contribution in [0.3, 0.4) is 0 Å². The summed E-state index contributed by atoms with van der Waals surface area (Å²) >= 11 is 1.60. The van der Waals surface area contributed by atoms with Crippen LogP contribution < -0.4 is 0 Å². The zero-order chi connectivity index (χ0) is 17.6. The van der Waals surface area contributed by atoms with Crippen molar-refractivity contribution in [3.8, 4) is 17.0 Å². The lowest BCUT2D eigenvalue weighted by atomic mass is 10.0. The molecule has 4 rings (SSSR count). The molecule has 3 aromatic rings. The van der Waals surface area contributed by atoms with E-state index in [4.69, 9.17) is 0 Å². The quantitative estimate of drug-likeness (QED) is 0.727. The second-order valence-corrected chi connectivity index (χ2v) is 7.30. The summed E-state index contributed by atoms with van der Waals surface area (Å²) in [5.41, 5.74) is 4.02. The number of phenols is 1. The van der Waals surface area contributed by atoms with E-state index < -0.39 is 0 Å². The van der Waals surface area contributed by atoms with E-state index >= 15 is 0 Å². The molecule has 128 valence electrons. The highest BCUT2D eigenvalue weighted by Crippen LogP contribution is 2.52. The summed E-state index contributed by atoms with van der Waals surface area (Å²) in [5, 5.41) is 10.6. The van der Waals surface area contributed by atoms with Crippen molar-refractivity contribution in [1.82, 2.24) is 9.88 Å². The third-order valence-electron chi connectivity index (χ3n) is 4.79. The molecule has 1 aliphatic heterocycles. The number of aromatic hydroxyl groups is 1. The summed E-state index contributed by atoms with van der Waals surface area (Å²) in [7, 11) is 0. The number of aromatic nitrogens is 1. The van der Waals surface area contributed by atoms with Gasteiger partial charge >= 0.3 is 0 Å². The van der Waals surface area contributed by atoms with Crippen LogP contribution in [0.25, 0.3) is 22.2 Å². The first kappa shape index (κ1) is 16.1. The summed E-state index contributed by atoms with van der Waals surface area (Å²) in [6.07, 6.45) is 0. The van der Waals surface area contributed by atoms with E-state index in [0.29, 0.717) is 13.1 Å². The number of H-pyrrole nitrogens is 1. The second-order valence-electron chi connectivity index (χ2n) is 6.15. The van der Waals surface area contributed by atoms with E-state index in [1.54, 1.807) is 23.9 Å². The fourth-order valence-electron chi connectivity index (χ4n) is 3.52. The first-order chi connectivity index (χ1) is 12.1. The Hall–Kier alpha value is -2.40. The van der Waals surface area contributed by atoms with E-state index in [2.05, 4.69) is 17.1 Å². The van der Waals surface area contributed by atoms with Crippen molar-refractivity contribution < 1.29 is 9.90 Å². The van der Waals surface area contributed by atoms with Gasteiger partial charge in [0.2, 0.25) is 5.91 Å². The molecule has 25 heavy (non-hydrogen) atoms. The molecule has 1 unspecified atom stereocenters. The molecule has 0 radical (unpaired) electrons. The number of hydrogen-bond acceptors (Lipinski definition) is 3. The van der Waals surface area contributed by atoms with Gasteiger partial charge in [0.15, 0.2) is 0 Å². The van der Waals surface area contributed by atoms with Gasteiger partial charge in [0, 0.05) is 40.0 Å². The number of fused-ring (bicyclic) bond motifs is 5. The molecular weight excluding hydrogens is 332 g/mol. The summed E-state index contributed by atoms with van der Waals surface area (Å²) in [5.74, 6) is 0.335. The lowest BCUT2D eigenvalue weighted by Gasteiger charge is -2.29. The Morgan fingerprint density at radius 2 is 1.96 bits per heavy atom. The molecule has 1 aliphatic rings. The number of aromatic amines is 1. The van der Waals surface area contributed by atoms with Crippen LogP contribution in [-0.4, -0.2) is 34.0 Å². The van der Waals surface area contributed by atoms with Crippen molar-refractivity contribution in [2.24, 2.45) is 0 Å². The van der Waals surface area contributed by atoms with Gasteiger partial charge in [-0.2, -0.15) is 0 Å². The number of amides is 1. The first-order valence-corrected chi connectivity index (χ1v) is 9.41. The number of hydrogen-bond donors (Lipinski definition) is 2. The molecule has 1 atom stereocenters. The minimum absolute atomic E-state index is 0.120. The van der Waals surface area contributed by atoms with Gasteiger partial charge in [-0.15, -0.1) is 11.8 Å². The highest BCUT2D eigenvalue weighted by Gasteiger charge is 2.35. The second kappa shape index (κ2) is 6.15. The third kappa shape index (κ3) is 2.50. The first-order valence-electron chi connectivity index (χ1n) is 8.53. The van der Waals surface area contributed by atoms with Gasteiger partial charge in [0.05, 0.1) is 5.69 Å². The van der Waals surface area contributed by atoms with E-state index in [1.807, 2.05) is 36.9 Å². The monoisotopic (exact) mass is 352 g/mol. The van der Waals surface area contributed by atoms with Crippen LogP contribution in [0.5, 0.6) is 5.75 Å². The zero-order valence-electron chi connectivity index (χ0n) is 14.2. The highest BCUT2D eigenvalue weighted by molar-refractivity contribution is 8.00. The zero-order valence-corrected chi connectivity index (χ0v) is 15.1. The number of carbonyl (C=O) groups is 1. The fourth-order valence-corrected chi connectivity index (χ4v) is 4.84. The van der Waals surface area contributed by atoms with Crippen LogP contribution >= 0.6 is 11.8 Å². The van der Waals surface area contributed by atoms with Crippen molar-refractivity contribution in [3.05, 3.63) is 48.0 Å². The number of phenolic OH excluding ortho intramolecular Hbond substituents is 1. The minimum atomic E-state index is -0.305. The number of thioether (sulfide) groups is 1. The van der Waals surface area contributed by atoms with Crippen LogP contribution in [0.1, 0.15) is 24.7 Å². The van der Waals surface area contributed by atoms with Crippen LogP contribution in [0.2, 0.25) is 0 Å². The normalized spacial score (nSPS) is 15.7. The van der Waals surface area contributed by atoms with Gasteiger partial charge in [-0.05, 0) is 38.1 Å². The summed E-state index contributed by atoms with van der Waals surface area (Å²) in [6.45, 7) is 5.39. The number of rotatable bonds is 3. The predicted octanol–water partition coefficient (Wildman–Crippen LogP) is 4.56. The minimum Gasteiger partial charge on any atom is -0.508 e. The Kier molecular flexibility index (Phi) is 3.96. The van der Waals surface area contributed by atoms with E-state index in [-0.39, 0.29) is 16.9 Å². The van der Waals surface area contributed by atoms with Crippen LogP contribution in [0.15, 0.2) is 47.4 Å². The molecular formula is C20H20N2O2S. The topological polar surface area (TPSA) is 56.3 Å². The van der Waals surface area contributed by atoms with Crippen LogP contribution in [-0.2, 0) is 4.79 Å². The van der Waals surface area contributed by atoms with Gasteiger partial charge in [-0.1, -0.05) is 18.2 Å². The van der Waals surface area contributed by atoms with Crippen molar-refractivity contribution in [3.63, 3.8) is 0 Å². The maximum absolute atomic E-state index is 13.2. The summed E-state index contributed by atoms with van der Waals surface area (Å²) in [6, 6.07) is 13.5. The molecule has 0 saturated carbocycles. The predicted molar refractivity (Wildman–Crippen MR) is 102 cm³/mol. The smallest absolute Gasteiger partial charge is 0.240 e. The molecule has 2 heterocycles. The largest absolute Gasteiger partial charge is 0.508 e. The van der Waals surface area contributed by atoms with Crippen molar-refractivity contribution in [1.29, 1.82) is 0 Å². The number of likely N-dealkylation sites (N-methyl/N-ethyl adjacent to an activating group) is 1. The maximum Gasteiger partial charge on any atom is 0.240 e. The van der Waals surface area contributed by atoms with E-state index in [9.17, 15) is 9.90 Å². The molecule has 2 aromatic carbocycles. The van der Waals surface area contributed by atoms with Crippen molar-refractivity contribution in [2.45, 2.75) is 24.0 Å². The Balaban J connectivity index is 1.97.